The van der Waals surface area contributed by atoms with E-state index in [9.17, 15) is 0 Å². The van der Waals surface area contributed by atoms with Crippen LogP contribution in [0.15, 0.2) is 10.4 Å². The number of nitrogens with zero attached hydrogens (tertiary/aromatic N) is 3. The summed E-state index contributed by atoms with van der Waals surface area (Å²) >= 11 is 1.72. The smallest absolute Gasteiger partial charge is 0.191 e. The van der Waals surface area contributed by atoms with Gasteiger partial charge in [-0.15, -0.1) is 11.3 Å². The van der Waals surface area contributed by atoms with Crippen molar-refractivity contribution < 1.29 is 0 Å². The Balaban J connectivity index is 1.82. The molecule has 6 heteroatoms. The van der Waals surface area contributed by atoms with Crippen LogP contribution in [0.4, 0.5) is 0 Å². The first-order valence-corrected chi connectivity index (χ1v) is 10.5. The van der Waals surface area contributed by atoms with Gasteiger partial charge >= 0.3 is 0 Å². The fourth-order valence-electron chi connectivity index (χ4n) is 3.28. The third-order valence-corrected chi connectivity index (χ3v) is 5.56. The minimum Gasteiger partial charge on any atom is -0.355 e. The molecular formula is C19H35N5S. The molecule has 1 unspecified atom stereocenters. The van der Waals surface area contributed by atoms with Crippen LogP contribution in [-0.2, 0) is 6.54 Å². The number of nitrogens with one attached hydrogen (secondary N) is 2. The summed E-state index contributed by atoms with van der Waals surface area (Å²) < 4.78 is 0. The van der Waals surface area contributed by atoms with E-state index in [1.807, 2.05) is 7.05 Å². The van der Waals surface area contributed by atoms with Gasteiger partial charge in [-0.05, 0) is 44.2 Å². The predicted octanol–water partition coefficient (Wildman–Crippen LogP) is 3.44. The number of thiazole rings is 1. The van der Waals surface area contributed by atoms with Crippen molar-refractivity contribution in [2.24, 2.45) is 10.9 Å². The van der Waals surface area contributed by atoms with E-state index >= 15 is 0 Å². The fourth-order valence-corrected chi connectivity index (χ4v) is 4.17. The number of aromatic nitrogens is 1. The van der Waals surface area contributed by atoms with Crippen molar-refractivity contribution in [1.29, 1.82) is 0 Å². The second kappa shape index (κ2) is 10.1. The number of guanidine groups is 1. The van der Waals surface area contributed by atoms with Crippen LogP contribution in [0.1, 0.15) is 63.6 Å². The van der Waals surface area contributed by atoms with Gasteiger partial charge in [0.15, 0.2) is 5.96 Å². The van der Waals surface area contributed by atoms with Crippen LogP contribution in [0.2, 0.25) is 0 Å². The Morgan fingerprint density at radius 3 is 2.52 bits per heavy atom. The molecule has 0 spiro atoms. The van der Waals surface area contributed by atoms with Crippen LogP contribution in [-0.4, -0.2) is 48.6 Å². The Kier molecular flexibility index (Phi) is 8.16. The third-order valence-electron chi connectivity index (χ3n) is 4.70. The van der Waals surface area contributed by atoms with Crippen molar-refractivity contribution in [3.05, 3.63) is 16.1 Å². The summed E-state index contributed by atoms with van der Waals surface area (Å²) in [6.45, 7) is 13.1. The topological polar surface area (TPSA) is 52.6 Å². The first-order chi connectivity index (χ1) is 12.0. The molecule has 0 bridgehead atoms. The molecule has 0 radical (unpaired) electrons. The Morgan fingerprint density at radius 1 is 1.24 bits per heavy atom. The molecule has 5 nitrogen and oxygen atoms in total. The Hall–Kier alpha value is -1.14. The zero-order chi connectivity index (χ0) is 18.2. The lowest BCUT2D eigenvalue weighted by Gasteiger charge is -2.29. The monoisotopic (exact) mass is 365 g/mol. The van der Waals surface area contributed by atoms with Crippen LogP contribution >= 0.6 is 11.3 Å². The molecule has 2 N–H and O–H groups in total. The third kappa shape index (κ3) is 6.59. The molecule has 1 atom stereocenters. The van der Waals surface area contributed by atoms with Gasteiger partial charge in [0, 0.05) is 25.0 Å². The number of likely N-dealkylation sites (tertiary alicyclic amines) is 1. The molecule has 1 aliphatic heterocycles. The zero-order valence-electron chi connectivity index (χ0n) is 16.5. The van der Waals surface area contributed by atoms with Crippen LogP contribution in [0.25, 0.3) is 0 Å². The Bertz CT molecular complexity index is 532. The summed E-state index contributed by atoms with van der Waals surface area (Å²) in [5.74, 6) is 2.07. The van der Waals surface area contributed by atoms with Gasteiger partial charge in [0.05, 0.1) is 12.2 Å². The van der Waals surface area contributed by atoms with E-state index in [1.54, 1.807) is 11.3 Å². The number of hydrogen-bond donors (Lipinski definition) is 2. The van der Waals surface area contributed by atoms with Crippen LogP contribution in [0, 0.1) is 5.92 Å². The highest BCUT2D eigenvalue weighted by atomic mass is 32.1. The molecule has 0 aromatic carbocycles. The average Bonchev–Trinajstić information content (AvgIpc) is 3.25. The van der Waals surface area contributed by atoms with E-state index in [0.29, 0.717) is 17.9 Å². The van der Waals surface area contributed by atoms with Crippen molar-refractivity contribution >= 4 is 17.3 Å². The van der Waals surface area contributed by atoms with E-state index in [1.165, 1.54) is 38.0 Å². The summed E-state index contributed by atoms with van der Waals surface area (Å²) in [6.07, 6.45) is 3.90. The molecule has 142 valence electrons. The normalized spacial score (nSPS) is 17.5. The first kappa shape index (κ1) is 20.2. The second-order valence-corrected chi connectivity index (χ2v) is 8.60. The van der Waals surface area contributed by atoms with Crippen LogP contribution in [0.5, 0.6) is 0 Å². The lowest BCUT2D eigenvalue weighted by Crippen LogP contribution is -2.46. The molecule has 25 heavy (non-hydrogen) atoms. The highest BCUT2D eigenvalue weighted by Gasteiger charge is 2.22. The van der Waals surface area contributed by atoms with Crippen molar-refractivity contribution in [2.45, 2.75) is 65.5 Å². The van der Waals surface area contributed by atoms with Gasteiger partial charge in [0.2, 0.25) is 0 Å². The van der Waals surface area contributed by atoms with Gasteiger partial charge in [-0.3, -0.25) is 9.89 Å². The Labute approximate surface area is 157 Å². The van der Waals surface area contributed by atoms with Crippen molar-refractivity contribution in [2.75, 3.05) is 26.7 Å². The number of rotatable bonds is 8. The zero-order valence-corrected chi connectivity index (χ0v) is 17.3. The standard InChI is InChI=1S/C19H35N5S/c1-14(2)10-16(24-8-6-7-9-24)11-21-19(20-5)22-12-18-23-17(13-25-18)15(3)4/h13-16H,6-12H2,1-5H3,(H2,20,21,22). The van der Waals surface area contributed by atoms with E-state index in [4.69, 9.17) is 0 Å². The molecule has 1 aliphatic rings. The predicted molar refractivity (Wildman–Crippen MR) is 108 cm³/mol. The maximum atomic E-state index is 4.68. The van der Waals surface area contributed by atoms with Gasteiger partial charge in [-0.1, -0.05) is 27.7 Å². The number of aliphatic imine (C=N–C) groups is 1. The Morgan fingerprint density at radius 2 is 1.96 bits per heavy atom. The molecule has 2 heterocycles. The maximum absolute atomic E-state index is 4.68. The molecular weight excluding hydrogens is 330 g/mol. The van der Waals surface area contributed by atoms with Crippen molar-refractivity contribution in [3.8, 4) is 0 Å². The minimum absolute atomic E-state index is 0.486. The van der Waals surface area contributed by atoms with E-state index < -0.39 is 0 Å². The molecule has 0 aliphatic carbocycles. The van der Waals surface area contributed by atoms with Crippen LogP contribution < -0.4 is 10.6 Å². The highest BCUT2D eigenvalue weighted by molar-refractivity contribution is 7.09. The summed E-state index contributed by atoms with van der Waals surface area (Å²) in [4.78, 5) is 11.7. The second-order valence-electron chi connectivity index (χ2n) is 7.65. The van der Waals surface area contributed by atoms with E-state index in [-0.39, 0.29) is 0 Å². The molecule has 1 aromatic rings. The van der Waals surface area contributed by atoms with E-state index in [0.717, 1.165) is 24.1 Å². The maximum Gasteiger partial charge on any atom is 0.191 e. The van der Waals surface area contributed by atoms with Crippen molar-refractivity contribution in [1.82, 2.24) is 20.5 Å². The molecule has 0 saturated carbocycles. The summed E-state index contributed by atoms with van der Waals surface area (Å²) in [6, 6.07) is 0.591. The SMILES string of the molecule is CN=C(NCc1nc(C(C)C)cs1)NCC(CC(C)C)N1CCCC1. The summed E-state index contributed by atoms with van der Waals surface area (Å²) in [5.41, 5.74) is 1.18. The quantitative estimate of drug-likeness (QED) is 0.547. The molecule has 1 saturated heterocycles. The molecule has 1 fully saturated rings. The van der Waals surface area contributed by atoms with Gasteiger partial charge in [0.25, 0.3) is 0 Å². The lowest BCUT2D eigenvalue weighted by molar-refractivity contribution is 0.213. The van der Waals surface area contributed by atoms with Gasteiger partial charge in [-0.2, -0.15) is 0 Å². The van der Waals surface area contributed by atoms with Gasteiger partial charge in [0.1, 0.15) is 5.01 Å². The lowest BCUT2D eigenvalue weighted by atomic mass is 10.0. The summed E-state index contributed by atoms with van der Waals surface area (Å²) in [7, 11) is 1.84. The van der Waals surface area contributed by atoms with E-state index in [2.05, 4.69) is 58.6 Å². The highest BCUT2D eigenvalue weighted by Crippen LogP contribution is 2.18. The largest absolute Gasteiger partial charge is 0.355 e. The molecule has 1 aromatic heterocycles. The average molecular weight is 366 g/mol. The molecule has 0 amide bonds. The van der Waals surface area contributed by atoms with Gasteiger partial charge < -0.3 is 10.6 Å². The molecule has 2 rings (SSSR count). The number of hydrogen-bond acceptors (Lipinski definition) is 4. The van der Waals surface area contributed by atoms with Gasteiger partial charge in [-0.25, -0.2) is 4.98 Å². The fraction of sp³-hybridized carbons (Fsp3) is 0.789. The summed E-state index contributed by atoms with van der Waals surface area (Å²) in [5, 5.41) is 10.2. The van der Waals surface area contributed by atoms with Crippen molar-refractivity contribution in [3.63, 3.8) is 0 Å². The first-order valence-electron chi connectivity index (χ1n) is 9.62. The minimum atomic E-state index is 0.486. The van der Waals surface area contributed by atoms with Crippen LogP contribution in [0.3, 0.4) is 0 Å².